The van der Waals surface area contributed by atoms with E-state index in [1.165, 1.54) is 36.0 Å². The standard InChI is InChI=1S/C37H48N4O6S2/c1-5-8-19-37(20-9-6-2)24-41(26-13-11-10-12-14-26)29-21-32(48-4)30(22-31(29)49-40-37)47-23-33(43)39-34(25-15-17-27(42)18-16-25)35(44)38-28(7-3)36(45)46/h10-18,21-22,28,34,40,42H,5-9,19-20,23-24H2,1-4H3,(H,38,44)(H,39,43)(H,45,46). The average molecular weight is 709 g/mol. The summed E-state index contributed by atoms with van der Waals surface area (Å²) in [5, 5.41) is 24.4. The lowest BCUT2D eigenvalue weighted by Gasteiger charge is -2.38. The first-order valence-corrected chi connectivity index (χ1v) is 18.9. The largest absolute Gasteiger partial charge is 0.508 e. The predicted molar refractivity (Wildman–Crippen MR) is 197 cm³/mol. The highest BCUT2D eigenvalue weighted by Gasteiger charge is 2.36. The van der Waals surface area contributed by atoms with Crippen LogP contribution in [0, 0.1) is 0 Å². The number of aromatic hydroxyl groups is 1. The van der Waals surface area contributed by atoms with Gasteiger partial charge in [-0.1, -0.05) is 76.8 Å². The van der Waals surface area contributed by atoms with Crippen molar-refractivity contribution in [3.63, 3.8) is 0 Å². The van der Waals surface area contributed by atoms with Crippen molar-refractivity contribution in [2.45, 2.75) is 93.1 Å². The molecule has 0 saturated carbocycles. The Bertz CT molecular complexity index is 1550. The summed E-state index contributed by atoms with van der Waals surface area (Å²) in [6.07, 6.45) is 8.70. The van der Waals surface area contributed by atoms with Crippen molar-refractivity contribution in [1.29, 1.82) is 0 Å². The molecule has 1 aliphatic heterocycles. The van der Waals surface area contributed by atoms with Crippen molar-refractivity contribution < 1.29 is 29.3 Å². The maximum Gasteiger partial charge on any atom is 0.326 e. The summed E-state index contributed by atoms with van der Waals surface area (Å²) >= 11 is 3.13. The third kappa shape index (κ3) is 10.1. The maximum absolute atomic E-state index is 13.3. The van der Waals surface area contributed by atoms with Crippen LogP contribution in [0.5, 0.6) is 11.5 Å². The second-order valence-electron chi connectivity index (χ2n) is 12.3. The van der Waals surface area contributed by atoms with Crippen LogP contribution in [0.25, 0.3) is 0 Å². The number of rotatable bonds is 17. The first kappa shape index (κ1) is 37.9. The molecule has 2 atom stereocenters. The van der Waals surface area contributed by atoms with E-state index in [1.807, 2.05) is 18.4 Å². The second-order valence-corrected chi connectivity index (χ2v) is 14.0. The van der Waals surface area contributed by atoms with Crippen LogP contribution >= 0.6 is 23.7 Å². The highest BCUT2D eigenvalue weighted by Crippen LogP contribution is 2.46. The number of para-hydroxylation sites is 1. The maximum atomic E-state index is 13.3. The Kier molecular flexibility index (Phi) is 14.1. The van der Waals surface area contributed by atoms with Gasteiger partial charge in [0.15, 0.2) is 6.61 Å². The molecule has 12 heteroatoms. The van der Waals surface area contributed by atoms with E-state index in [1.54, 1.807) is 18.9 Å². The van der Waals surface area contributed by atoms with E-state index in [-0.39, 0.29) is 24.3 Å². The smallest absolute Gasteiger partial charge is 0.326 e. The Hall–Kier alpha value is -3.87. The van der Waals surface area contributed by atoms with Gasteiger partial charge in [0.2, 0.25) is 5.91 Å². The molecule has 264 valence electrons. The van der Waals surface area contributed by atoms with Gasteiger partial charge in [0, 0.05) is 17.8 Å². The van der Waals surface area contributed by atoms with E-state index in [2.05, 4.69) is 64.4 Å². The lowest BCUT2D eigenvalue weighted by molar-refractivity contribution is -0.142. The number of carbonyl (C=O) groups excluding carboxylic acids is 2. The van der Waals surface area contributed by atoms with E-state index < -0.39 is 29.9 Å². The zero-order valence-corrected chi connectivity index (χ0v) is 30.3. The fraction of sp³-hybridized carbons (Fsp3) is 0.432. The molecule has 0 fully saturated rings. The Morgan fingerprint density at radius 3 is 2.27 bits per heavy atom. The van der Waals surface area contributed by atoms with Crippen LogP contribution in [0.15, 0.2) is 76.5 Å². The Labute approximate surface area is 297 Å². The number of nitrogens with zero attached hydrogens (tertiary/aromatic N) is 1. The number of unbranched alkanes of at least 4 members (excludes halogenated alkanes) is 2. The van der Waals surface area contributed by atoms with Crippen molar-refractivity contribution in [3.8, 4) is 11.5 Å². The summed E-state index contributed by atoms with van der Waals surface area (Å²) in [6.45, 7) is 6.54. The number of phenolic OH excluding ortho intramolecular Hbond substituents is 1. The molecule has 5 N–H and O–H groups in total. The third-order valence-corrected chi connectivity index (χ3v) is 10.5. The van der Waals surface area contributed by atoms with E-state index in [0.29, 0.717) is 11.3 Å². The second kappa shape index (κ2) is 18.2. The SMILES string of the molecule is CCCCC1(CCCC)CN(c2ccccc2)c2cc(SC)c(OCC(=O)NC(C(=O)NC(CC)C(=O)O)c3ccc(O)cc3)cc2SN1. The summed E-state index contributed by atoms with van der Waals surface area (Å²) in [7, 11) is 0. The van der Waals surface area contributed by atoms with Crippen LogP contribution in [-0.4, -0.2) is 59.0 Å². The summed E-state index contributed by atoms with van der Waals surface area (Å²) < 4.78 is 10.0. The van der Waals surface area contributed by atoms with Crippen LogP contribution in [0.1, 0.15) is 77.3 Å². The number of nitrogens with one attached hydrogen (secondary N) is 3. The molecule has 1 aliphatic rings. The minimum Gasteiger partial charge on any atom is -0.508 e. The molecule has 49 heavy (non-hydrogen) atoms. The van der Waals surface area contributed by atoms with Crippen molar-refractivity contribution in [2.75, 3.05) is 24.3 Å². The molecule has 3 aromatic carbocycles. The number of aliphatic carboxylic acids is 1. The Morgan fingerprint density at radius 1 is 1.00 bits per heavy atom. The molecule has 0 saturated heterocycles. The predicted octanol–water partition coefficient (Wildman–Crippen LogP) is 7.20. The fourth-order valence-electron chi connectivity index (χ4n) is 5.84. The van der Waals surface area contributed by atoms with Gasteiger partial charge < -0.3 is 30.5 Å². The van der Waals surface area contributed by atoms with Gasteiger partial charge in [-0.25, -0.2) is 4.79 Å². The van der Waals surface area contributed by atoms with E-state index in [4.69, 9.17) is 4.74 Å². The summed E-state index contributed by atoms with van der Waals surface area (Å²) in [5.41, 5.74) is 2.45. The normalized spacial score (nSPS) is 15.0. The van der Waals surface area contributed by atoms with E-state index in [0.717, 1.165) is 66.2 Å². The molecule has 0 aliphatic carbocycles. The van der Waals surface area contributed by atoms with Crippen LogP contribution in [0.3, 0.4) is 0 Å². The number of fused-ring (bicyclic) bond motifs is 1. The number of anilines is 2. The number of hydrogen-bond acceptors (Lipinski definition) is 9. The van der Waals surface area contributed by atoms with Gasteiger partial charge in [-0.05, 0) is 79.4 Å². The number of carbonyl (C=O) groups is 3. The molecule has 4 rings (SSSR count). The number of ether oxygens (including phenoxy) is 1. The number of carboxylic acids is 1. The van der Waals surface area contributed by atoms with Crippen LogP contribution in [0.4, 0.5) is 11.4 Å². The van der Waals surface area contributed by atoms with Gasteiger partial charge in [0.25, 0.3) is 5.91 Å². The van der Waals surface area contributed by atoms with Gasteiger partial charge in [-0.2, -0.15) is 0 Å². The quantitative estimate of drug-likeness (QED) is 0.0723. The molecule has 0 spiro atoms. The fourth-order valence-corrected chi connectivity index (χ4v) is 7.42. The monoisotopic (exact) mass is 708 g/mol. The van der Waals surface area contributed by atoms with Crippen LogP contribution in [-0.2, 0) is 14.4 Å². The molecule has 0 radical (unpaired) electrons. The number of benzene rings is 3. The molecule has 2 unspecified atom stereocenters. The topological polar surface area (TPSA) is 140 Å². The van der Waals surface area contributed by atoms with Gasteiger partial charge in [0.05, 0.1) is 15.5 Å². The van der Waals surface area contributed by atoms with Crippen molar-refractivity contribution in [1.82, 2.24) is 15.4 Å². The number of hydrogen-bond donors (Lipinski definition) is 5. The lowest BCUT2D eigenvalue weighted by atomic mass is 9.87. The molecular weight excluding hydrogens is 661 g/mol. The Balaban J connectivity index is 1.60. The van der Waals surface area contributed by atoms with E-state index >= 15 is 0 Å². The number of phenols is 1. The van der Waals surface area contributed by atoms with Crippen molar-refractivity contribution in [3.05, 3.63) is 72.3 Å². The van der Waals surface area contributed by atoms with Crippen LogP contribution < -0.4 is 25.0 Å². The van der Waals surface area contributed by atoms with Gasteiger partial charge in [-0.3, -0.25) is 14.3 Å². The summed E-state index contributed by atoms with van der Waals surface area (Å²) in [4.78, 5) is 42.4. The molecule has 2 amide bonds. The third-order valence-electron chi connectivity index (χ3n) is 8.64. The summed E-state index contributed by atoms with van der Waals surface area (Å²) in [5.74, 6) is -1.88. The minimum absolute atomic E-state index is 0.00602. The number of amides is 2. The number of thioether (sulfide) groups is 1. The van der Waals surface area contributed by atoms with Crippen molar-refractivity contribution >= 4 is 52.9 Å². The Morgan fingerprint density at radius 2 is 1.67 bits per heavy atom. The molecule has 0 aromatic heterocycles. The van der Waals surface area contributed by atoms with E-state index in [9.17, 15) is 24.6 Å². The molecule has 0 bridgehead atoms. The molecule has 10 nitrogen and oxygen atoms in total. The van der Waals surface area contributed by atoms with Gasteiger partial charge in [-0.15, -0.1) is 11.8 Å². The van der Waals surface area contributed by atoms with Gasteiger partial charge in [0.1, 0.15) is 23.6 Å². The van der Waals surface area contributed by atoms with Crippen LogP contribution in [0.2, 0.25) is 0 Å². The first-order chi connectivity index (χ1) is 23.6. The summed E-state index contributed by atoms with van der Waals surface area (Å²) in [6, 6.07) is 18.0. The first-order valence-electron chi connectivity index (χ1n) is 16.9. The average Bonchev–Trinajstić information content (AvgIpc) is 3.27. The minimum atomic E-state index is -1.20. The molecular formula is C37H48N4O6S2. The molecule has 3 aromatic rings. The highest BCUT2D eigenvalue weighted by molar-refractivity contribution is 7.98. The zero-order valence-electron chi connectivity index (χ0n) is 28.7. The number of carboxylic acid groups (broad SMARTS) is 1. The lowest BCUT2D eigenvalue weighted by Crippen LogP contribution is -2.49. The zero-order chi connectivity index (χ0) is 35.4. The van der Waals surface area contributed by atoms with Crippen molar-refractivity contribution in [2.24, 2.45) is 0 Å². The molecule has 1 heterocycles. The van der Waals surface area contributed by atoms with Gasteiger partial charge >= 0.3 is 5.97 Å². The highest BCUT2D eigenvalue weighted by atomic mass is 32.2.